The number of anilines is 1. The fraction of sp³-hybridized carbons (Fsp3) is 0.143. The van der Waals surface area contributed by atoms with E-state index in [4.69, 9.17) is 4.42 Å². The third-order valence-electron chi connectivity index (χ3n) is 4.42. The molecule has 1 aliphatic carbocycles. The van der Waals surface area contributed by atoms with Crippen LogP contribution in [0.25, 0.3) is 16.5 Å². The van der Waals surface area contributed by atoms with Crippen molar-refractivity contribution in [1.82, 2.24) is 0 Å². The average molecular weight is 349 g/mol. The molecule has 0 unspecified atom stereocenters. The largest absolute Gasteiger partial charge is 0.405 e. The predicted molar refractivity (Wildman–Crippen MR) is 98.7 cm³/mol. The lowest BCUT2D eigenvalue weighted by molar-refractivity contribution is 0.101. The minimum absolute atomic E-state index is 0.0545. The van der Waals surface area contributed by atoms with Crippen LogP contribution >= 0.6 is 0 Å². The molecule has 1 aromatic heterocycles. The minimum Gasteiger partial charge on any atom is -0.405 e. The summed E-state index contributed by atoms with van der Waals surface area (Å²) >= 11 is 0. The van der Waals surface area contributed by atoms with Gasteiger partial charge in [-0.2, -0.15) is 0 Å². The van der Waals surface area contributed by atoms with Crippen LogP contribution in [0, 0.1) is 5.82 Å². The summed E-state index contributed by atoms with van der Waals surface area (Å²) in [5.41, 5.74) is 2.32. The number of hydrogen-bond donors (Lipinski definition) is 1. The van der Waals surface area contributed by atoms with Gasteiger partial charge in [0.15, 0.2) is 5.78 Å². The van der Waals surface area contributed by atoms with Crippen LogP contribution < -0.4 is 10.9 Å². The van der Waals surface area contributed by atoms with Gasteiger partial charge in [-0.1, -0.05) is 42.5 Å². The van der Waals surface area contributed by atoms with Crippen molar-refractivity contribution in [3.63, 3.8) is 0 Å². The standard InChI is InChI=1S/C21H16FNO3/c1-12(24)17-15-8-5-9-16(22)18(15)21(25)26-20(17)23-19(14-10-11-14)13-6-3-2-4-7-13/h2-9,23H,10-11H2,1H3. The number of nitrogens with one attached hydrogen (secondary N) is 1. The van der Waals surface area contributed by atoms with E-state index in [-0.39, 0.29) is 28.0 Å². The van der Waals surface area contributed by atoms with E-state index in [1.165, 1.54) is 24.6 Å². The first-order chi connectivity index (χ1) is 12.6. The summed E-state index contributed by atoms with van der Waals surface area (Å²) in [5.74, 6) is -0.951. The average Bonchev–Trinajstić information content (AvgIpc) is 3.45. The molecule has 4 rings (SSSR count). The Bertz CT molecular complexity index is 1110. The molecule has 1 aliphatic rings. The van der Waals surface area contributed by atoms with Gasteiger partial charge in [0.05, 0.1) is 5.56 Å². The number of Topliss-reactive ketones (excluding diaryl/α,β-unsaturated/α-hetero) is 1. The summed E-state index contributed by atoms with van der Waals surface area (Å²) in [6, 6.07) is 13.8. The zero-order chi connectivity index (χ0) is 18.3. The smallest absolute Gasteiger partial charge is 0.348 e. The molecule has 1 N–H and O–H groups in total. The Morgan fingerprint density at radius 3 is 2.46 bits per heavy atom. The maximum absolute atomic E-state index is 14.1. The normalized spacial score (nSPS) is 12.9. The molecule has 2 aromatic carbocycles. The molecule has 0 aliphatic heterocycles. The molecule has 4 nitrogen and oxygen atoms in total. The van der Waals surface area contributed by atoms with E-state index >= 15 is 0 Å². The van der Waals surface area contributed by atoms with Gasteiger partial charge >= 0.3 is 5.63 Å². The Morgan fingerprint density at radius 2 is 1.81 bits per heavy atom. The third kappa shape index (κ3) is 2.81. The van der Waals surface area contributed by atoms with Crippen LogP contribution in [0.5, 0.6) is 0 Å². The second-order valence-corrected chi connectivity index (χ2v) is 6.28. The quantitative estimate of drug-likeness (QED) is 0.691. The molecule has 0 amide bonds. The fourth-order valence-corrected chi connectivity index (χ4v) is 3.09. The summed E-state index contributed by atoms with van der Waals surface area (Å²) in [5, 5.41) is 3.18. The highest BCUT2D eigenvalue weighted by Crippen LogP contribution is 2.38. The van der Waals surface area contributed by atoms with Crippen molar-refractivity contribution in [3.8, 4) is 0 Å². The van der Waals surface area contributed by atoms with E-state index in [2.05, 4.69) is 5.32 Å². The van der Waals surface area contributed by atoms with E-state index in [1.807, 2.05) is 30.3 Å². The number of allylic oxidation sites excluding steroid dienone is 1. The Kier molecular flexibility index (Phi) is 3.92. The molecule has 0 bridgehead atoms. The molecule has 0 radical (unpaired) electrons. The van der Waals surface area contributed by atoms with Crippen LogP contribution in [-0.2, 0) is 0 Å². The van der Waals surface area contributed by atoms with Crippen molar-refractivity contribution in [1.29, 1.82) is 0 Å². The summed E-state index contributed by atoms with van der Waals surface area (Å²) < 4.78 is 19.4. The second kappa shape index (κ2) is 6.26. The van der Waals surface area contributed by atoms with E-state index in [9.17, 15) is 14.0 Å². The van der Waals surface area contributed by atoms with Gasteiger partial charge in [-0.25, -0.2) is 9.18 Å². The highest BCUT2D eigenvalue weighted by atomic mass is 19.1. The lowest BCUT2D eigenvalue weighted by Crippen LogP contribution is -2.12. The van der Waals surface area contributed by atoms with Gasteiger partial charge < -0.3 is 9.73 Å². The summed E-state index contributed by atoms with van der Waals surface area (Å²) in [7, 11) is 0. The molecule has 130 valence electrons. The van der Waals surface area contributed by atoms with Crippen LogP contribution in [0.3, 0.4) is 0 Å². The zero-order valence-corrected chi connectivity index (χ0v) is 14.1. The van der Waals surface area contributed by atoms with E-state index in [0.29, 0.717) is 0 Å². The number of rotatable bonds is 4. The van der Waals surface area contributed by atoms with Gasteiger partial charge in [-0.15, -0.1) is 0 Å². The highest BCUT2D eigenvalue weighted by Gasteiger charge is 2.24. The van der Waals surface area contributed by atoms with Gasteiger partial charge in [-0.05, 0) is 37.0 Å². The Labute approximate surface area is 149 Å². The number of benzene rings is 2. The molecule has 0 atom stereocenters. The van der Waals surface area contributed by atoms with Crippen LogP contribution in [0.15, 0.2) is 63.3 Å². The number of carbonyl (C=O) groups excluding carboxylic acids is 1. The predicted octanol–water partition coefficient (Wildman–Crippen LogP) is 4.75. The van der Waals surface area contributed by atoms with Crippen LogP contribution in [0.4, 0.5) is 10.3 Å². The van der Waals surface area contributed by atoms with Gasteiger partial charge in [0.2, 0.25) is 5.88 Å². The summed E-state index contributed by atoms with van der Waals surface area (Å²) in [6.45, 7) is 1.37. The molecule has 0 spiro atoms. The lowest BCUT2D eigenvalue weighted by Gasteiger charge is -2.14. The first-order valence-corrected chi connectivity index (χ1v) is 8.37. The molecule has 3 aromatic rings. The van der Waals surface area contributed by atoms with Crippen LogP contribution in [-0.4, -0.2) is 5.78 Å². The molecule has 0 saturated heterocycles. The topological polar surface area (TPSA) is 59.3 Å². The van der Waals surface area contributed by atoms with Crippen molar-refractivity contribution in [3.05, 3.63) is 81.5 Å². The molecule has 5 heteroatoms. The summed E-state index contributed by atoms with van der Waals surface area (Å²) in [6.07, 6.45) is 1.89. The fourth-order valence-electron chi connectivity index (χ4n) is 3.09. The molecular weight excluding hydrogens is 333 g/mol. The summed E-state index contributed by atoms with van der Waals surface area (Å²) in [4.78, 5) is 24.6. The molecule has 1 heterocycles. The number of hydrogen-bond acceptors (Lipinski definition) is 4. The zero-order valence-electron chi connectivity index (χ0n) is 14.1. The van der Waals surface area contributed by atoms with Gasteiger partial charge in [0.1, 0.15) is 11.2 Å². The van der Waals surface area contributed by atoms with Crippen LogP contribution in [0.2, 0.25) is 0 Å². The number of fused-ring (bicyclic) bond motifs is 1. The van der Waals surface area contributed by atoms with Crippen molar-refractivity contribution in [2.45, 2.75) is 19.8 Å². The number of halogens is 1. The van der Waals surface area contributed by atoms with E-state index in [0.717, 1.165) is 24.1 Å². The minimum atomic E-state index is -0.807. The van der Waals surface area contributed by atoms with E-state index in [1.54, 1.807) is 6.07 Å². The van der Waals surface area contributed by atoms with Gasteiger partial charge in [0, 0.05) is 11.1 Å². The maximum Gasteiger partial charge on any atom is 0.348 e. The lowest BCUT2D eigenvalue weighted by atomic mass is 10.0. The second-order valence-electron chi connectivity index (χ2n) is 6.28. The van der Waals surface area contributed by atoms with Crippen LogP contribution in [0.1, 0.15) is 35.7 Å². The molecule has 26 heavy (non-hydrogen) atoms. The Balaban J connectivity index is 1.92. The van der Waals surface area contributed by atoms with Crippen molar-refractivity contribution < 1.29 is 13.6 Å². The van der Waals surface area contributed by atoms with Gasteiger partial charge in [0.25, 0.3) is 0 Å². The van der Waals surface area contributed by atoms with Crippen molar-refractivity contribution in [2.75, 3.05) is 5.32 Å². The highest BCUT2D eigenvalue weighted by molar-refractivity contribution is 6.11. The maximum atomic E-state index is 14.1. The SMILES string of the molecule is CC(=O)c1c(NC(=C2CC2)c2ccccc2)oc(=O)c2c(F)cccc12. The monoisotopic (exact) mass is 349 g/mol. The Hall–Kier alpha value is -3.21. The number of ketones is 1. The molecule has 1 saturated carbocycles. The first-order valence-electron chi connectivity index (χ1n) is 8.37. The van der Waals surface area contributed by atoms with Crippen molar-refractivity contribution in [2.24, 2.45) is 0 Å². The molecular formula is C21H16FNO3. The van der Waals surface area contributed by atoms with Crippen molar-refractivity contribution >= 4 is 28.1 Å². The number of carbonyl (C=O) groups is 1. The van der Waals surface area contributed by atoms with E-state index < -0.39 is 11.4 Å². The molecule has 1 fully saturated rings. The third-order valence-corrected chi connectivity index (χ3v) is 4.42. The first kappa shape index (κ1) is 16.3. The van der Waals surface area contributed by atoms with Gasteiger partial charge in [-0.3, -0.25) is 4.79 Å². The Morgan fingerprint density at radius 1 is 1.08 bits per heavy atom.